The van der Waals surface area contributed by atoms with E-state index in [0.29, 0.717) is 0 Å². The SMILES string of the molecule is CC1=C(C)C(C)=C(C2(C(C)(C)C)[C-]=C3C=c4cc(C(C)(C)C)ccc4=C3C=C2)C1.C[C](C)=[Zr].Cl.Cl. The molecule has 0 saturated heterocycles. The summed E-state index contributed by atoms with van der Waals surface area (Å²) in [7, 11) is 0. The molecule has 0 fully saturated rings. The fourth-order valence-corrected chi connectivity index (χ4v) is 5.10. The molecule has 0 nitrogen and oxygen atoms in total. The smallest absolute Gasteiger partial charge is 0.147 e. The van der Waals surface area contributed by atoms with Gasteiger partial charge in [-0.1, -0.05) is 87.4 Å². The Morgan fingerprint density at radius 1 is 0.943 bits per heavy atom. The molecular formula is C32H43Cl2Zr-. The number of halogens is 2. The molecule has 0 aliphatic heterocycles. The topological polar surface area (TPSA) is 0 Å². The second kappa shape index (κ2) is 11.3. The summed E-state index contributed by atoms with van der Waals surface area (Å²) in [5.74, 6) is 0. The standard InChI is InChI=1S/C29H35.C3H6.2ClH.Zr/c1-18-14-26(20(3)19(18)2)29(28(7,8)9)13-12-25-22(17-29)15-21-16-23(27(4,5)6)10-11-24(21)25;1-3-2;;;/h10-13,15-16H,14H2,1-9H3;1-2H3;2*1H;/q-1;;;;. The molecule has 0 spiro atoms. The molecule has 0 heterocycles. The molecule has 190 valence electrons. The summed E-state index contributed by atoms with van der Waals surface area (Å²) < 4.78 is 1.51. The van der Waals surface area contributed by atoms with E-state index in [1.807, 2.05) is 0 Å². The average Bonchev–Trinajstić information content (AvgIpc) is 3.17. The number of allylic oxidation sites excluding steroid dienone is 8. The molecule has 35 heavy (non-hydrogen) atoms. The first-order valence-corrected chi connectivity index (χ1v) is 13.4. The van der Waals surface area contributed by atoms with Gasteiger partial charge in [-0.15, -0.1) is 36.5 Å². The molecule has 1 unspecified atom stereocenters. The molecule has 0 radical (unpaired) electrons. The van der Waals surface area contributed by atoms with E-state index in [1.54, 1.807) is 24.2 Å². The van der Waals surface area contributed by atoms with Crippen molar-refractivity contribution in [3.8, 4) is 0 Å². The summed E-state index contributed by atoms with van der Waals surface area (Å²) in [5, 5.41) is 2.69. The van der Waals surface area contributed by atoms with Gasteiger partial charge in [0.25, 0.3) is 0 Å². The Balaban J connectivity index is 0.000000950. The summed E-state index contributed by atoms with van der Waals surface area (Å²) in [6, 6.07) is 6.97. The number of benzene rings is 1. The van der Waals surface area contributed by atoms with Gasteiger partial charge in [0, 0.05) is 0 Å². The van der Waals surface area contributed by atoms with Gasteiger partial charge >= 0.3 is 41.3 Å². The third kappa shape index (κ3) is 6.22. The molecule has 0 N–H and O–H groups in total. The number of hydrogen-bond donors (Lipinski definition) is 0. The predicted octanol–water partition coefficient (Wildman–Crippen LogP) is 7.91. The number of fused-ring (bicyclic) bond motifs is 2. The normalized spacial score (nSPS) is 20.6. The molecule has 4 rings (SSSR count). The quantitative estimate of drug-likeness (QED) is 0.292. The third-order valence-electron chi connectivity index (χ3n) is 7.39. The van der Waals surface area contributed by atoms with Gasteiger partial charge in [0.1, 0.15) is 0 Å². The first kappa shape index (κ1) is 32.3. The van der Waals surface area contributed by atoms with Gasteiger partial charge in [-0.2, -0.15) is 17.7 Å². The van der Waals surface area contributed by atoms with Crippen LogP contribution in [0.5, 0.6) is 0 Å². The summed E-state index contributed by atoms with van der Waals surface area (Å²) in [6.07, 6.45) is 12.3. The van der Waals surface area contributed by atoms with Crippen LogP contribution in [-0.2, 0) is 29.7 Å². The molecule has 1 aromatic rings. The van der Waals surface area contributed by atoms with Crippen molar-refractivity contribution in [2.75, 3.05) is 0 Å². The number of rotatable bonds is 1. The Kier molecular flexibility index (Phi) is 10.5. The van der Waals surface area contributed by atoms with Crippen LogP contribution < -0.4 is 10.4 Å². The van der Waals surface area contributed by atoms with Crippen molar-refractivity contribution in [2.24, 2.45) is 10.8 Å². The van der Waals surface area contributed by atoms with E-state index < -0.39 is 0 Å². The minimum Gasteiger partial charge on any atom is -0.147 e. The van der Waals surface area contributed by atoms with Crippen LogP contribution in [0.4, 0.5) is 0 Å². The maximum Gasteiger partial charge on any atom is -0.147 e. The van der Waals surface area contributed by atoms with Crippen LogP contribution in [0.15, 0.2) is 58.2 Å². The Morgan fingerprint density at radius 2 is 1.51 bits per heavy atom. The van der Waals surface area contributed by atoms with Crippen molar-refractivity contribution in [1.82, 2.24) is 0 Å². The van der Waals surface area contributed by atoms with Crippen LogP contribution in [0.1, 0.15) is 88.1 Å². The maximum atomic E-state index is 4.04. The fraction of sp³-hybridized carbons (Fsp3) is 0.469. The van der Waals surface area contributed by atoms with Crippen LogP contribution in [0.3, 0.4) is 0 Å². The zero-order valence-electron chi connectivity index (χ0n) is 23.5. The summed E-state index contributed by atoms with van der Waals surface area (Å²) in [6.45, 7) is 25.0. The van der Waals surface area contributed by atoms with Crippen LogP contribution in [0.25, 0.3) is 11.6 Å². The molecular weight excluding hydrogens is 546 g/mol. The molecule has 3 aliphatic carbocycles. The predicted molar refractivity (Wildman–Crippen MR) is 157 cm³/mol. The minimum atomic E-state index is -0.166. The second-order valence-corrected chi connectivity index (χ2v) is 14.7. The van der Waals surface area contributed by atoms with Gasteiger partial charge in [-0.05, 0) is 60.1 Å². The molecule has 0 saturated carbocycles. The van der Waals surface area contributed by atoms with Crippen molar-refractivity contribution in [2.45, 2.75) is 88.0 Å². The van der Waals surface area contributed by atoms with E-state index in [4.69, 9.17) is 0 Å². The zero-order valence-corrected chi connectivity index (χ0v) is 27.6. The monoisotopic (exact) mass is 587 g/mol. The van der Waals surface area contributed by atoms with Gasteiger partial charge in [0.05, 0.1) is 0 Å². The zero-order chi connectivity index (χ0) is 24.9. The van der Waals surface area contributed by atoms with Crippen LogP contribution >= 0.6 is 24.8 Å². The first-order chi connectivity index (χ1) is 15.1. The molecule has 1 atom stereocenters. The maximum absolute atomic E-state index is 4.04. The fourth-order valence-electron chi connectivity index (χ4n) is 5.10. The van der Waals surface area contributed by atoms with Crippen LogP contribution in [0, 0.1) is 16.9 Å². The molecule has 1 aromatic carbocycles. The van der Waals surface area contributed by atoms with Crippen molar-refractivity contribution in [3.05, 3.63) is 80.3 Å². The van der Waals surface area contributed by atoms with Crippen molar-refractivity contribution < 1.29 is 24.2 Å². The van der Waals surface area contributed by atoms with Gasteiger partial charge in [-0.3, -0.25) is 0 Å². The van der Waals surface area contributed by atoms with E-state index in [1.165, 1.54) is 52.6 Å². The Bertz CT molecular complexity index is 1250. The van der Waals surface area contributed by atoms with Gasteiger partial charge in [0.2, 0.25) is 0 Å². The van der Waals surface area contributed by atoms with E-state index in [2.05, 4.69) is 119 Å². The largest absolute Gasteiger partial charge is 0.147 e. The van der Waals surface area contributed by atoms with Gasteiger partial charge in [-0.25, -0.2) is 0 Å². The molecule has 0 bridgehead atoms. The summed E-state index contributed by atoms with van der Waals surface area (Å²) >= 11 is 1.55. The van der Waals surface area contributed by atoms with E-state index in [0.717, 1.165) is 6.42 Å². The third-order valence-corrected chi connectivity index (χ3v) is 7.39. The van der Waals surface area contributed by atoms with Crippen LogP contribution in [0.2, 0.25) is 0 Å². The Hall–Kier alpha value is -0.747. The molecule has 0 aromatic heterocycles. The van der Waals surface area contributed by atoms with Gasteiger partial charge < -0.3 is 0 Å². The van der Waals surface area contributed by atoms with Crippen LogP contribution in [-0.4, -0.2) is 3.21 Å². The minimum absolute atomic E-state index is 0. The molecule has 0 amide bonds. The Morgan fingerprint density at radius 3 is 1.97 bits per heavy atom. The summed E-state index contributed by atoms with van der Waals surface area (Å²) in [4.78, 5) is 0. The van der Waals surface area contributed by atoms with Gasteiger partial charge in [0.15, 0.2) is 0 Å². The van der Waals surface area contributed by atoms with E-state index in [-0.39, 0.29) is 41.1 Å². The van der Waals surface area contributed by atoms with Crippen molar-refractivity contribution in [1.29, 1.82) is 0 Å². The first-order valence-electron chi connectivity index (χ1n) is 12.2. The summed E-state index contributed by atoms with van der Waals surface area (Å²) in [5.41, 5.74) is 10.0. The average molecular weight is 590 g/mol. The Labute approximate surface area is 241 Å². The van der Waals surface area contributed by atoms with E-state index >= 15 is 0 Å². The molecule has 3 heteroatoms. The van der Waals surface area contributed by atoms with E-state index in [9.17, 15) is 0 Å². The van der Waals surface area contributed by atoms with Crippen molar-refractivity contribution in [3.63, 3.8) is 0 Å². The number of hydrogen-bond acceptors (Lipinski definition) is 0. The van der Waals surface area contributed by atoms with Crippen molar-refractivity contribution >= 4 is 39.7 Å². The molecule has 3 aliphatic rings. The second-order valence-electron chi connectivity index (χ2n) is 12.2.